The molecule has 8 heteroatoms. The molecule has 0 aliphatic heterocycles. The van der Waals surface area contributed by atoms with Crippen molar-refractivity contribution in [2.75, 3.05) is 11.6 Å². The predicted octanol–water partition coefficient (Wildman–Crippen LogP) is 5.70. The smallest absolute Gasteiger partial charge is 0.196 e. The zero-order chi connectivity index (χ0) is 23.9. The van der Waals surface area contributed by atoms with Crippen LogP contribution in [0.15, 0.2) is 68.8 Å². The molecule has 1 atom stereocenters. The highest BCUT2D eigenvalue weighted by atomic mass is 35.5. The third-order valence-corrected chi connectivity index (χ3v) is 6.67. The van der Waals surface area contributed by atoms with Crippen LogP contribution in [0.2, 0.25) is 5.15 Å². The van der Waals surface area contributed by atoms with Gasteiger partial charge in [-0.25, -0.2) is 13.4 Å². The van der Waals surface area contributed by atoms with E-state index in [4.69, 9.17) is 16.0 Å². The quantitative estimate of drug-likeness (QED) is 0.367. The Morgan fingerprint density at radius 2 is 1.76 bits per heavy atom. The fourth-order valence-corrected chi connectivity index (χ4v) is 4.86. The molecule has 0 aliphatic carbocycles. The van der Waals surface area contributed by atoms with Crippen molar-refractivity contribution in [3.8, 4) is 11.3 Å². The second-order valence-electron chi connectivity index (χ2n) is 8.11. The first-order chi connectivity index (χ1) is 15.6. The summed E-state index contributed by atoms with van der Waals surface area (Å²) in [6, 6.07) is 15.9. The second-order valence-corrected chi connectivity index (χ2v) is 10.4. The number of halogens is 1. The zero-order valence-corrected chi connectivity index (χ0v) is 20.2. The van der Waals surface area contributed by atoms with E-state index in [2.05, 4.69) is 10.3 Å². The average molecular weight is 483 g/mol. The lowest BCUT2D eigenvalue weighted by Crippen LogP contribution is -2.14. The van der Waals surface area contributed by atoms with E-state index in [1.807, 2.05) is 56.3 Å². The van der Waals surface area contributed by atoms with Crippen molar-refractivity contribution >= 4 is 38.1 Å². The average Bonchev–Trinajstić information content (AvgIpc) is 2.77. The molecule has 0 bridgehead atoms. The molecule has 0 aliphatic rings. The lowest BCUT2D eigenvalue weighted by Gasteiger charge is -2.20. The Hall–Kier alpha value is -3.16. The number of anilines is 1. The van der Waals surface area contributed by atoms with Crippen molar-refractivity contribution in [1.29, 1.82) is 0 Å². The predicted molar refractivity (Wildman–Crippen MR) is 132 cm³/mol. The number of aryl methyl sites for hydroxylation is 1. The van der Waals surface area contributed by atoms with Gasteiger partial charge >= 0.3 is 0 Å². The van der Waals surface area contributed by atoms with E-state index < -0.39 is 15.9 Å². The SMILES string of the molecule is Cc1cc([C@@H](C)Nc2ccc(Cl)nc2S(C)(=O)=O)c2oc(-c3ccccc3)c(C)c(=O)c2c1. The van der Waals surface area contributed by atoms with Gasteiger partial charge in [-0.1, -0.05) is 48.0 Å². The van der Waals surface area contributed by atoms with E-state index >= 15 is 0 Å². The van der Waals surface area contributed by atoms with Crippen LogP contribution >= 0.6 is 11.6 Å². The lowest BCUT2D eigenvalue weighted by molar-refractivity contribution is 0.598. The molecular formula is C25H23ClN2O4S. The summed E-state index contributed by atoms with van der Waals surface area (Å²) in [5.41, 5.74) is 3.64. The van der Waals surface area contributed by atoms with Crippen LogP contribution in [0.5, 0.6) is 0 Å². The van der Waals surface area contributed by atoms with E-state index in [-0.39, 0.29) is 15.6 Å². The molecule has 0 saturated heterocycles. The Morgan fingerprint density at radius 1 is 1.06 bits per heavy atom. The number of fused-ring (bicyclic) bond motifs is 1. The number of hydrogen-bond donors (Lipinski definition) is 1. The molecule has 2 aromatic heterocycles. The maximum absolute atomic E-state index is 13.2. The molecule has 4 rings (SSSR count). The molecule has 2 aromatic carbocycles. The number of pyridine rings is 1. The molecule has 1 N–H and O–H groups in total. The Kier molecular flexibility index (Phi) is 6.03. The van der Waals surface area contributed by atoms with Crippen LogP contribution in [0.4, 0.5) is 5.69 Å². The monoisotopic (exact) mass is 482 g/mol. The van der Waals surface area contributed by atoms with Crippen LogP contribution in [0.25, 0.3) is 22.3 Å². The molecule has 0 unspecified atom stereocenters. The highest BCUT2D eigenvalue weighted by molar-refractivity contribution is 7.90. The largest absolute Gasteiger partial charge is 0.455 e. The molecule has 0 spiro atoms. The summed E-state index contributed by atoms with van der Waals surface area (Å²) in [7, 11) is -3.62. The molecule has 0 amide bonds. The van der Waals surface area contributed by atoms with Crippen molar-refractivity contribution in [1.82, 2.24) is 4.98 Å². The van der Waals surface area contributed by atoms with E-state index in [0.717, 1.165) is 22.9 Å². The number of benzene rings is 2. The first kappa shape index (κ1) is 23.0. The van der Waals surface area contributed by atoms with Gasteiger partial charge in [0.15, 0.2) is 20.3 Å². The highest BCUT2D eigenvalue weighted by Gasteiger charge is 2.22. The van der Waals surface area contributed by atoms with Gasteiger partial charge in [0.05, 0.1) is 17.1 Å². The van der Waals surface area contributed by atoms with Crippen molar-refractivity contribution in [3.05, 3.63) is 86.7 Å². The van der Waals surface area contributed by atoms with Gasteiger partial charge < -0.3 is 9.73 Å². The fraction of sp³-hybridized carbons (Fsp3) is 0.200. The van der Waals surface area contributed by atoms with Gasteiger partial charge in [-0.15, -0.1) is 0 Å². The second kappa shape index (κ2) is 8.65. The summed E-state index contributed by atoms with van der Waals surface area (Å²) in [6.45, 7) is 5.54. The number of hydrogen-bond acceptors (Lipinski definition) is 6. The van der Waals surface area contributed by atoms with Gasteiger partial charge in [0, 0.05) is 22.9 Å². The number of sulfone groups is 1. The lowest BCUT2D eigenvalue weighted by atomic mass is 9.99. The first-order valence-electron chi connectivity index (χ1n) is 10.3. The summed E-state index contributed by atoms with van der Waals surface area (Å²) < 4.78 is 30.8. The molecule has 170 valence electrons. The summed E-state index contributed by atoms with van der Waals surface area (Å²) in [5, 5.41) is 3.64. The molecule has 33 heavy (non-hydrogen) atoms. The maximum atomic E-state index is 13.2. The summed E-state index contributed by atoms with van der Waals surface area (Å²) in [4.78, 5) is 17.2. The number of nitrogens with one attached hydrogen (secondary N) is 1. The van der Waals surface area contributed by atoms with Crippen LogP contribution < -0.4 is 10.7 Å². The summed E-state index contributed by atoms with van der Waals surface area (Å²) in [6.07, 6.45) is 1.08. The minimum Gasteiger partial charge on any atom is -0.455 e. The van der Waals surface area contributed by atoms with Crippen LogP contribution in [0, 0.1) is 13.8 Å². The topological polar surface area (TPSA) is 89.3 Å². The van der Waals surface area contributed by atoms with Crippen molar-refractivity contribution in [3.63, 3.8) is 0 Å². The minimum absolute atomic E-state index is 0.0867. The Bertz CT molecular complexity index is 1530. The highest BCUT2D eigenvalue weighted by Crippen LogP contribution is 2.33. The van der Waals surface area contributed by atoms with Gasteiger partial charge in [-0.3, -0.25) is 4.79 Å². The maximum Gasteiger partial charge on any atom is 0.196 e. The Morgan fingerprint density at radius 3 is 2.42 bits per heavy atom. The normalized spacial score (nSPS) is 12.6. The summed E-state index contributed by atoms with van der Waals surface area (Å²) in [5.74, 6) is 0.510. The van der Waals surface area contributed by atoms with Crippen LogP contribution in [0.1, 0.15) is 29.7 Å². The van der Waals surface area contributed by atoms with Gasteiger partial charge in [0.2, 0.25) is 0 Å². The van der Waals surface area contributed by atoms with Gasteiger partial charge in [-0.05, 0) is 44.5 Å². The standard InChI is InChI=1S/C25H23ClN2O4S/c1-14-12-18(16(3)27-20-10-11-21(26)28-25(20)33(4,30)31)24-19(13-14)22(29)15(2)23(32-24)17-8-6-5-7-9-17/h5-13,16,27H,1-4H3/t16-/m1/s1. The molecular weight excluding hydrogens is 460 g/mol. The van der Waals surface area contributed by atoms with Gasteiger partial charge in [-0.2, -0.15) is 0 Å². The van der Waals surface area contributed by atoms with Crippen molar-refractivity contribution in [2.24, 2.45) is 0 Å². The van der Waals surface area contributed by atoms with Crippen molar-refractivity contribution in [2.45, 2.75) is 31.8 Å². The number of aromatic nitrogens is 1. The summed E-state index contributed by atoms with van der Waals surface area (Å²) >= 11 is 5.93. The van der Waals surface area contributed by atoms with Gasteiger partial charge in [0.25, 0.3) is 0 Å². The molecule has 0 radical (unpaired) electrons. The zero-order valence-electron chi connectivity index (χ0n) is 18.6. The molecule has 4 aromatic rings. The molecule has 2 heterocycles. The molecule has 0 saturated carbocycles. The van der Waals surface area contributed by atoms with E-state index in [1.165, 1.54) is 6.07 Å². The van der Waals surface area contributed by atoms with E-state index in [0.29, 0.717) is 28.0 Å². The fourth-order valence-electron chi connectivity index (χ4n) is 3.88. The molecule has 0 fully saturated rings. The van der Waals surface area contributed by atoms with Crippen LogP contribution in [-0.2, 0) is 9.84 Å². The van der Waals surface area contributed by atoms with Crippen LogP contribution in [-0.4, -0.2) is 19.7 Å². The third kappa shape index (κ3) is 4.51. The number of nitrogens with zero attached hydrogens (tertiary/aromatic N) is 1. The van der Waals surface area contributed by atoms with Gasteiger partial charge in [0.1, 0.15) is 16.5 Å². The Balaban J connectivity index is 1.90. The van der Waals surface area contributed by atoms with E-state index in [1.54, 1.807) is 13.0 Å². The first-order valence-corrected chi connectivity index (χ1v) is 12.6. The third-order valence-electron chi connectivity index (χ3n) is 5.44. The Labute approximate surface area is 197 Å². The minimum atomic E-state index is -3.62. The number of rotatable bonds is 5. The van der Waals surface area contributed by atoms with E-state index in [9.17, 15) is 13.2 Å². The van der Waals surface area contributed by atoms with Crippen LogP contribution in [0.3, 0.4) is 0 Å². The van der Waals surface area contributed by atoms with Crippen molar-refractivity contribution < 1.29 is 12.8 Å². The molecule has 6 nitrogen and oxygen atoms in total.